The summed E-state index contributed by atoms with van der Waals surface area (Å²) in [6, 6.07) is 7.74. The molecule has 1 aromatic carbocycles. The van der Waals surface area contributed by atoms with Crippen LogP contribution in [0.2, 0.25) is 0 Å². The van der Waals surface area contributed by atoms with Crippen LogP contribution in [-0.4, -0.2) is 37.6 Å². The lowest BCUT2D eigenvalue weighted by Crippen LogP contribution is -2.46. The smallest absolute Gasteiger partial charge is 0.399 e. The first-order valence-electron chi connectivity index (χ1n) is 7.60. The van der Waals surface area contributed by atoms with Crippen LogP contribution in [0.25, 0.3) is 0 Å². The third-order valence-corrected chi connectivity index (χ3v) is 4.64. The second kappa shape index (κ2) is 5.96. The van der Waals surface area contributed by atoms with Crippen LogP contribution in [0.15, 0.2) is 24.3 Å². The number of para-hydroxylation sites is 1. The zero-order valence-corrected chi connectivity index (χ0v) is 15.3. The Kier molecular flexibility index (Phi) is 4.68. The van der Waals surface area contributed by atoms with Gasteiger partial charge in [-0.25, -0.2) is 0 Å². The first-order valence-corrected chi connectivity index (χ1v) is 8.74. The average molecular weight is 337 g/mol. The Morgan fingerprint density at radius 3 is 2.30 bits per heavy atom. The van der Waals surface area contributed by atoms with Crippen LogP contribution in [0.1, 0.15) is 41.5 Å². The van der Waals surface area contributed by atoms with E-state index < -0.39 is 28.6 Å². The van der Waals surface area contributed by atoms with Crippen molar-refractivity contribution in [2.75, 3.05) is 5.32 Å². The molecule has 1 aliphatic heterocycles. The summed E-state index contributed by atoms with van der Waals surface area (Å²) < 4.78 is 34.3. The van der Waals surface area contributed by atoms with Crippen molar-refractivity contribution in [2.45, 2.75) is 58.3 Å². The SMILES string of the molecule is CC(C)(C)Nc1ccccc1B1OC(C)(C)C(C)(C=S(=O)=O)O1. The molecule has 1 aromatic rings. The highest BCUT2D eigenvalue weighted by atomic mass is 32.2. The van der Waals surface area contributed by atoms with Crippen LogP contribution in [0.4, 0.5) is 5.69 Å². The van der Waals surface area contributed by atoms with Gasteiger partial charge in [0.15, 0.2) is 0 Å². The summed E-state index contributed by atoms with van der Waals surface area (Å²) in [5, 5.41) is 4.59. The van der Waals surface area contributed by atoms with E-state index in [1.54, 1.807) is 6.92 Å². The van der Waals surface area contributed by atoms with Gasteiger partial charge in [0.1, 0.15) is 5.60 Å². The summed E-state index contributed by atoms with van der Waals surface area (Å²) in [7, 11) is -2.97. The number of rotatable bonds is 3. The summed E-state index contributed by atoms with van der Waals surface area (Å²) in [5.74, 6) is 0. The molecule has 0 radical (unpaired) electrons. The Morgan fingerprint density at radius 2 is 1.74 bits per heavy atom. The van der Waals surface area contributed by atoms with E-state index in [4.69, 9.17) is 9.31 Å². The van der Waals surface area contributed by atoms with Gasteiger partial charge in [-0.05, 0) is 47.6 Å². The van der Waals surface area contributed by atoms with Crippen molar-refractivity contribution in [1.82, 2.24) is 0 Å². The van der Waals surface area contributed by atoms with E-state index in [1.165, 1.54) is 0 Å². The van der Waals surface area contributed by atoms with Gasteiger partial charge >= 0.3 is 7.12 Å². The molecular weight excluding hydrogens is 313 g/mol. The molecule has 1 saturated heterocycles. The number of anilines is 1. The van der Waals surface area contributed by atoms with Crippen LogP contribution in [-0.2, 0) is 19.6 Å². The molecule has 1 N–H and O–H groups in total. The van der Waals surface area contributed by atoms with Gasteiger partial charge in [0.2, 0.25) is 10.3 Å². The van der Waals surface area contributed by atoms with Crippen LogP contribution in [0.3, 0.4) is 0 Å². The molecule has 1 atom stereocenters. The largest absolute Gasteiger partial charge is 0.497 e. The van der Waals surface area contributed by atoms with Crippen molar-refractivity contribution in [3.8, 4) is 0 Å². The maximum absolute atomic E-state index is 11.1. The monoisotopic (exact) mass is 337 g/mol. The predicted octanol–water partition coefficient (Wildman–Crippen LogP) is 1.86. The lowest BCUT2D eigenvalue weighted by atomic mass is 9.77. The average Bonchev–Trinajstić information content (AvgIpc) is 2.57. The minimum Gasteiger partial charge on any atom is -0.399 e. The molecule has 0 amide bonds. The lowest BCUT2D eigenvalue weighted by molar-refractivity contribution is 0.0482. The van der Waals surface area contributed by atoms with E-state index in [0.717, 1.165) is 16.5 Å². The maximum Gasteiger partial charge on any atom is 0.497 e. The summed E-state index contributed by atoms with van der Waals surface area (Å²) in [6.07, 6.45) is 0. The van der Waals surface area contributed by atoms with Gasteiger partial charge in [-0.1, -0.05) is 18.2 Å². The highest BCUT2D eigenvalue weighted by Crippen LogP contribution is 2.36. The zero-order chi connectivity index (χ0) is 17.5. The van der Waals surface area contributed by atoms with Gasteiger partial charge in [-0.15, -0.1) is 0 Å². The minimum absolute atomic E-state index is 0.115. The Labute approximate surface area is 140 Å². The minimum atomic E-state index is -2.33. The van der Waals surface area contributed by atoms with Gasteiger partial charge in [0.25, 0.3) is 0 Å². The first-order chi connectivity index (χ1) is 10.4. The van der Waals surface area contributed by atoms with E-state index in [1.807, 2.05) is 38.1 Å². The van der Waals surface area contributed by atoms with E-state index in [-0.39, 0.29) is 5.54 Å². The van der Waals surface area contributed by atoms with Crippen molar-refractivity contribution in [3.05, 3.63) is 24.3 Å². The van der Waals surface area contributed by atoms with Crippen LogP contribution < -0.4 is 10.8 Å². The summed E-state index contributed by atoms with van der Waals surface area (Å²) in [6.45, 7) is 11.6. The molecule has 23 heavy (non-hydrogen) atoms. The maximum atomic E-state index is 11.1. The molecule has 0 saturated carbocycles. The topological polar surface area (TPSA) is 64.6 Å². The van der Waals surface area contributed by atoms with Gasteiger partial charge in [-0.3, -0.25) is 0 Å². The van der Waals surface area contributed by atoms with Crippen molar-refractivity contribution in [1.29, 1.82) is 0 Å². The van der Waals surface area contributed by atoms with Crippen molar-refractivity contribution in [3.63, 3.8) is 0 Å². The van der Waals surface area contributed by atoms with Gasteiger partial charge in [0, 0.05) is 16.7 Å². The van der Waals surface area contributed by atoms with Crippen LogP contribution >= 0.6 is 0 Å². The van der Waals surface area contributed by atoms with E-state index in [0.29, 0.717) is 0 Å². The fraction of sp³-hybridized carbons (Fsp3) is 0.562. The Morgan fingerprint density at radius 1 is 1.13 bits per heavy atom. The predicted molar refractivity (Wildman–Crippen MR) is 94.8 cm³/mol. The highest BCUT2D eigenvalue weighted by Gasteiger charge is 2.54. The molecule has 126 valence electrons. The third kappa shape index (κ3) is 3.97. The van der Waals surface area contributed by atoms with Gasteiger partial charge in [0.05, 0.1) is 11.0 Å². The Balaban J connectivity index is 2.41. The third-order valence-electron chi connectivity index (χ3n) is 3.99. The molecule has 0 spiro atoms. The quantitative estimate of drug-likeness (QED) is 0.674. The molecule has 0 bridgehead atoms. The highest BCUT2D eigenvalue weighted by molar-refractivity contribution is 7.71. The number of hydrogen-bond donors (Lipinski definition) is 1. The number of hydrogen-bond acceptors (Lipinski definition) is 5. The molecule has 1 unspecified atom stereocenters. The number of nitrogens with one attached hydrogen (secondary N) is 1. The molecule has 1 heterocycles. The fourth-order valence-corrected chi connectivity index (χ4v) is 3.18. The fourth-order valence-electron chi connectivity index (χ4n) is 2.47. The van der Waals surface area contributed by atoms with Crippen LogP contribution in [0.5, 0.6) is 0 Å². The lowest BCUT2D eigenvalue weighted by Gasteiger charge is -2.31. The van der Waals surface area contributed by atoms with E-state index in [9.17, 15) is 8.42 Å². The molecule has 2 rings (SSSR count). The molecule has 0 aromatic heterocycles. The summed E-state index contributed by atoms with van der Waals surface area (Å²) in [4.78, 5) is 0. The van der Waals surface area contributed by atoms with E-state index >= 15 is 0 Å². The first kappa shape index (κ1) is 18.0. The Bertz CT molecular complexity index is 716. The van der Waals surface area contributed by atoms with Crippen molar-refractivity contribution < 1.29 is 17.7 Å². The van der Waals surface area contributed by atoms with Crippen LogP contribution in [0, 0.1) is 0 Å². The molecule has 1 aliphatic rings. The second-order valence-corrected chi connectivity index (χ2v) is 8.28. The summed E-state index contributed by atoms with van der Waals surface area (Å²) in [5.41, 5.74) is -0.153. The zero-order valence-electron chi connectivity index (χ0n) is 14.5. The normalized spacial score (nSPS) is 23.7. The molecule has 1 fully saturated rings. The summed E-state index contributed by atoms with van der Waals surface area (Å²) >= 11 is 0. The molecule has 5 nitrogen and oxygen atoms in total. The Hall–Kier alpha value is -1.31. The van der Waals surface area contributed by atoms with Gasteiger partial charge < -0.3 is 14.6 Å². The molecule has 0 aliphatic carbocycles. The number of benzene rings is 1. The second-order valence-electron chi connectivity index (χ2n) is 7.53. The van der Waals surface area contributed by atoms with Crippen molar-refractivity contribution in [2.24, 2.45) is 0 Å². The standard InChI is InChI=1S/C16H24BNO4S/c1-14(2,3)18-13-10-8-7-9-12(13)17-21-15(4,5)16(6,22-17)11-23(19)20/h7-11,18H,1-6H3. The molecular formula is C16H24BNO4S. The van der Waals surface area contributed by atoms with Gasteiger partial charge in [-0.2, -0.15) is 8.42 Å². The molecule has 7 heteroatoms. The van der Waals surface area contributed by atoms with E-state index in [2.05, 4.69) is 26.1 Å². The van der Waals surface area contributed by atoms with Crippen molar-refractivity contribution >= 4 is 33.9 Å².